The summed E-state index contributed by atoms with van der Waals surface area (Å²) < 4.78 is 15.6. The molecule has 2 N–H and O–H groups in total. The zero-order valence-corrected chi connectivity index (χ0v) is 10.7. The van der Waals surface area contributed by atoms with Gasteiger partial charge in [0.25, 0.3) is 0 Å². The second kappa shape index (κ2) is 4.06. The summed E-state index contributed by atoms with van der Waals surface area (Å²) in [7, 11) is 0. The van der Waals surface area contributed by atoms with Crippen LogP contribution in [0.1, 0.15) is 0 Å². The number of aromatic nitrogens is 3. The van der Waals surface area contributed by atoms with Gasteiger partial charge in [-0.2, -0.15) is 0 Å². The number of fused-ring (bicyclic) bond motifs is 1. The third-order valence-electron chi connectivity index (χ3n) is 2.60. The van der Waals surface area contributed by atoms with E-state index in [9.17, 15) is 4.39 Å². The van der Waals surface area contributed by atoms with Crippen LogP contribution in [0, 0.1) is 5.82 Å². The summed E-state index contributed by atoms with van der Waals surface area (Å²) >= 11 is 3.11. The number of anilines is 1. The number of benzene rings is 1. The number of nitrogens with zero attached hydrogens (tertiary/aromatic N) is 3. The van der Waals surface area contributed by atoms with Crippen molar-refractivity contribution in [2.24, 2.45) is 0 Å². The fourth-order valence-corrected chi connectivity index (χ4v) is 2.06. The highest BCUT2D eigenvalue weighted by Gasteiger charge is 2.11. The third-order valence-corrected chi connectivity index (χ3v) is 3.25. The molecule has 18 heavy (non-hydrogen) atoms. The van der Waals surface area contributed by atoms with Crippen LogP contribution < -0.4 is 5.73 Å². The summed E-state index contributed by atoms with van der Waals surface area (Å²) in [6.07, 6.45) is 1.65. The summed E-state index contributed by atoms with van der Waals surface area (Å²) in [4.78, 5) is 8.40. The van der Waals surface area contributed by atoms with E-state index in [0.717, 1.165) is 0 Å². The smallest absolute Gasteiger partial charge is 0.207 e. The second-order valence-corrected chi connectivity index (χ2v) is 4.60. The van der Waals surface area contributed by atoms with Crippen LogP contribution in [0.2, 0.25) is 0 Å². The lowest BCUT2D eigenvalue weighted by Crippen LogP contribution is -2.01. The van der Waals surface area contributed by atoms with Crippen LogP contribution >= 0.6 is 15.9 Å². The van der Waals surface area contributed by atoms with Crippen LogP contribution in [-0.4, -0.2) is 14.5 Å². The van der Waals surface area contributed by atoms with Crippen molar-refractivity contribution >= 4 is 33.0 Å². The molecule has 0 spiro atoms. The van der Waals surface area contributed by atoms with E-state index in [-0.39, 0.29) is 11.8 Å². The van der Waals surface area contributed by atoms with E-state index in [4.69, 9.17) is 5.73 Å². The van der Waals surface area contributed by atoms with E-state index in [1.807, 2.05) is 6.07 Å². The Morgan fingerprint density at radius 3 is 2.89 bits per heavy atom. The molecule has 0 aliphatic carbocycles. The number of hydrogen-bond acceptors (Lipinski definition) is 3. The number of halogens is 2. The molecule has 2 aromatic heterocycles. The van der Waals surface area contributed by atoms with Gasteiger partial charge in [0.05, 0.1) is 10.2 Å². The molecule has 4 nitrogen and oxygen atoms in total. The van der Waals surface area contributed by atoms with E-state index >= 15 is 0 Å². The normalized spacial score (nSPS) is 11.0. The van der Waals surface area contributed by atoms with Gasteiger partial charge < -0.3 is 5.73 Å². The summed E-state index contributed by atoms with van der Waals surface area (Å²) in [5, 5.41) is 0. The third kappa shape index (κ3) is 1.65. The lowest BCUT2D eigenvalue weighted by molar-refractivity contribution is 0.620. The van der Waals surface area contributed by atoms with Gasteiger partial charge in [-0.05, 0) is 46.3 Å². The lowest BCUT2D eigenvalue weighted by atomic mass is 10.3. The molecule has 0 radical (unpaired) electrons. The summed E-state index contributed by atoms with van der Waals surface area (Å²) in [5.41, 5.74) is 7.73. The molecule has 0 amide bonds. The van der Waals surface area contributed by atoms with E-state index < -0.39 is 0 Å². The van der Waals surface area contributed by atoms with Crippen LogP contribution in [0.4, 0.5) is 10.3 Å². The Hall–Kier alpha value is -1.95. The Labute approximate surface area is 110 Å². The first kappa shape index (κ1) is 11.2. The molecule has 0 saturated heterocycles. The first-order chi connectivity index (χ1) is 8.66. The maximum absolute atomic E-state index is 13.6. The fourth-order valence-electron chi connectivity index (χ4n) is 1.81. The van der Waals surface area contributed by atoms with E-state index in [1.165, 1.54) is 6.07 Å². The van der Waals surface area contributed by atoms with Gasteiger partial charge in [-0.15, -0.1) is 0 Å². The Morgan fingerprint density at radius 2 is 2.11 bits per heavy atom. The van der Waals surface area contributed by atoms with Crippen LogP contribution in [0.3, 0.4) is 0 Å². The molecular formula is C12H8BrFN4. The van der Waals surface area contributed by atoms with Crippen molar-refractivity contribution in [1.82, 2.24) is 14.5 Å². The molecule has 90 valence electrons. The van der Waals surface area contributed by atoms with E-state index in [0.29, 0.717) is 21.3 Å². The minimum atomic E-state index is -0.357. The number of nitrogen functional groups attached to an aromatic ring is 1. The van der Waals surface area contributed by atoms with Crippen LogP contribution in [0.5, 0.6) is 0 Å². The Balaban J connectivity index is 2.30. The summed E-state index contributed by atoms with van der Waals surface area (Å²) in [6, 6.07) is 8.35. The number of rotatable bonds is 1. The Bertz CT molecular complexity index is 738. The maximum Gasteiger partial charge on any atom is 0.207 e. The van der Waals surface area contributed by atoms with Crippen molar-refractivity contribution in [1.29, 1.82) is 0 Å². The molecule has 0 unspecified atom stereocenters. The predicted octanol–water partition coefficient (Wildman–Crippen LogP) is 2.90. The fraction of sp³-hybridized carbons (Fsp3) is 0. The van der Waals surface area contributed by atoms with Crippen molar-refractivity contribution < 1.29 is 4.39 Å². The van der Waals surface area contributed by atoms with Crippen LogP contribution in [0.15, 0.2) is 41.0 Å². The maximum atomic E-state index is 13.6. The molecule has 1 aromatic carbocycles. The summed E-state index contributed by atoms with van der Waals surface area (Å²) in [5.74, 6) is -0.0740. The van der Waals surface area contributed by atoms with Crippen molar-refractivity contribution in [2.45, 2.75) is 0 Å². The standard InChI is InChI=1S/C12H8BrFN4/c13-8-4-3-7(6-9(8)14)18-11-10(17-12(18)15)2-1-5-16-11/h1-6H,(H2,15,17). The molecule has 0 aliphatic heterocycles. The molecule has 0 fully saturated rings. The molecule has 6 heteroatoms. The average Bonchev–Trinajstić information content (AvgIpc) is 2.69. The van der Waals surface area contributed by atoms with Crippen LogP contribution in [0.25, 0.3) is 16.9 Å². The zero-order valence-electron chi connectivity index (χ0n) is 9.14. The lowest BCUT2D eigenvalue weighted by Gasteiger charge is -2.06. The average molecular weight is 307 g/mol. The first-order valence-corrected chi connectivity index (χ1v) is 6.00. The number of hydrogen-bond donors (Lipinski definition) is 1. The molecule has 2 heterocycles. The molecule has 0 bridgehead atoms. The van der Waals surface area contributed by atoms with Gasteiger partial charge in [0.1, 0.15) is 11.3 Å². The number of imidazole rings is 1. The van der Waals surface area contributed by atoms with Crippen molar-refractivity contribution in [3.8, 4) is 5.69 Å². The van der Waals surface area contributed by atoms with Crippen LogP contribution in [-0.2, 0) is 0 Å². The van der Waals surface area contributed by atoms with Gasteiger partial charge in [-0.3, -0.25) is 4.57 Å². The minimum absolute atomic E-state index is 0.283. The molecular weight excluding hydrogens is 299 g/mol. The topological polar surface area (TPSA) is 56.7 Å². The Morgan fingerprint density at radius 1 is 1.28 bits per heavy atom. The minimum Gasteiger partial charge on any atom is -0.369 e. The Kier molecular flexibility index (Phi) is 2.52. The van der Waals surface area contributed by atoms with E-state index in [1.54, 1.807) is 29.0 Å². The second-order valence-electron chi connectivity index (χ2n) is 3.75. The zero-order chi connectivity index (χ0) is 12.7. The highest BCUT2D eigenvalue weighted by atomic mass is 79.9. The largest absolute Gasteiger partial charge is 0.369 e. The SMILES string of the molecule is Nc1nc2cccnc2n1-c1ccc(Br)c(F)c1. The predicted molar refractivity (Wildman–Crippen MR) is 70.9 cm³/mol. The van der Waals surface area contributed by atoms with Gasteiger partial charge in [-0.1, -0.05) is 0 Å². The highest BCUT2D eigenvalue weighted by molar-refractivity contribution is 9.10. The number of pyridine rings is 1. The van der Waals surface area contributed by atoms with Gasteiger partial charge in [0.2, 0.25) is 5.95 Å². The number of nitrogens with two attached hydrogens (primary N) is 1. The quantitative estimate of drug-likeness (QED) is 0.752. The van der Waals surface area contributed by atoms with Crippen molar-refractivity contribution in [3.05, 3.63) is 46.8 Å². The molecule has 3 aromatic rings. The monoisotopic (exact) mass is 306 g/mol. The summed E-state index contributed by atoms with van der Waals surface area (Å²) in [6.45, 7) is 0. The highest BCUT2D eigenvalue weighted by Crippen LogP contribution is 2.24. The molecule has 0 saturated carbocycles. The van der Waals surface area contributed by atoms with Gasteiger partial charge >= 0.3 is 0 Å². The van der Waals surface area contributed by atoms with Gasteiger partial charge in [0.15, 0.2) is 5.65 Å². The van der Waals surface area contributed by atoms with Gasteiger partial charge in [0, 0.05) is 6.20 Å². The van der Waals surface area contributed by atoms with Crippen molar-refractivity contribution in [2.75, 3.05) is 5.73 Å². The van der Waals surface area contributed by atoms with E-state index in [2.05, 4.69) is 25.9 Å². The van der Waals surface area contributed by atoms with Crippen molar-refractivity contribution in [3.63, 3.8) is 0 Å². The molecule has 3 rings (SSSR count). The molecule has 0 aliphatic rings. The first-order valence-electron chi connectivity index (χ1n) is 5.21. The molecule has 0 atom stereocenters. The van der Waals surface area contributed by atoms with Gasteiger partial charge in [-0.25, -0.2) is 14.4 Å².